The van der Waals surface area contributed by atoms with Crippen LogP contribution in [0.15, 0.2) is 12.1 Å². The first-order valence-electron chi connectivity index (χ1n) is 7.45. The van der Waals surface area contributed by atoms with Crippen molar-refractivity contribution in [3.8, 4) is 5.75 Å². The number of ether oxygens (including phenoxy) is 1. The number of hydrogen-bond acceptors (Lipinski definition) is 3. The van der Waals surface area contributed by atoms with E-state index in [0.29, 0.717) is 12.1 Å². The van der Waals surface area contributed by atoms with E-state index in [9.17, 15) is 0 Å². The Labute approximate surface area is 126 Å². The quantitative estimate of drug-likeness (QED) is 0.832. The number of halogens is 1. The van der Waals surface area contributed by atoms with Crippen LogP contribution >= 0.6 is 11.6 Å². The van der Waals surface area contributed by atoms with Crippen molar-refractivity contribution in [3.63, 3.8) is 0 Å². The molecule has 2 unspecified atom stereocenters. The van der Waals surface area contributed by atoms with E-state index in [1.165, 1.54) is 25.1 Å². The Kier molecular flexibility index (Phi) is 3.83. The highest BCUT2D eigenvalue weighted by Crippen LogP contribution is 2.37. The molecule has 1 aromatic carbocycles. The molecule has 4 heteroatoms. The summed E-state index contributed by atoms with van der Waals surface area (Å²) < 4.78 is 5.55. The molecule has 0 bridgehead atoms. The number of aryl methyl sites for hydroxylation is 1. The maximum atomic E-state index is 6.22. The Morgan fingerprint density at radius 2 is 2.10 bits per heavy atom. The molecular formula is C16H23ClN2O. The maximum absolute atomic E-state index is 6.22. The summed E-state index contributed by atoms with van der Waals surface area (Å²) in [5, 5.41) is 0.776. The summed E-state index contributed by atoms with van der Waals surface area (Å²) >= 11 is 6.22. The minimum atomic E-state index is 0.513. The van der Waals surface area contributed by atoms with Gasteiger partial charge in [0, 0.05) is 36.3 Å². The third-order valence-corrected chi connectivity index (χ3v) is 5.11. The number of methoxy groups -OCH3 is 1. The first-order chi connectivity index (χ1) is 9.60. The van der Waals surface area contributed by atoms with Crippen molar-refractivity contribution in [2.24, 2.45) is 0 Å². The lowest BCUT2D eigenvalue weighted by Crippen LogP contribution is -2.55. The molecule has 3 nitrogen and oxygen atoms in total. The minimum absolute atomic E-state index is 0.513. The van der Waals surface area contributed by atoms with Gasteiger partial charge in [-0.3, -0.25) is 4.90 Å². The van der Waals surface area contributed by atoms with Crippen molar-refractivity contribution >= 4 is 17.3 Å². The van der Waals surface area contributed by atoms with Crippen LogP contribution < -0.4 is 9.64 Å². The predicted molar refractivity (Wildman–Crippen MR) is 84.1 cm³/mol. The zero-order valence-corrected chi connectivity index (χ0v) is 13.3. The van der Waals surface area contributed by atoms with Gasteiger partial charge in [-0.15, -0.1) is 0 Å². The lowest BCUT2D eigenvalue weighted by Gasteiger charge is -2.44. The van der Waals surface area contributed by atoms with Crippen LogP contribution in [-0.4, -0.2) is 43.7 Å². The zero-order chi connectivity index (χ0) is 14.3. The number of fused-ring (bicyclic) bond motifs is 1. The Balaban J connectivity index is 1.93. The fourth-order valence-electron chi connectivity index (χ4n) is 3.56. The molecule has 0 saturated carbocycles. The molecule has 2 aliphatic rings. The van der Waals surface area contributed by atoms with Crippen LogP contribution in [-0.2, 0) is 0 Å². The van der Waals surface area contributed by atoms with Gasteiger partial charge in [-0.1, -0.05) is 11.6 Å². The lowest BCUT2D eigenvalue weighted by molar-refractivity contribution is 0.202. The fraction of sp³-hybridized carbons (Fsp3) is 0.625. The largest absolute Gasteiger partial charge is 0.495 e. The molecular weight excluding hydrogens is 272 g/mol. The molecule has 2 aliphatic heterocycles. The van der Waals surface area contributed by atoms with Crippen LogP contribution in [0.25, 0.3) is 0 Å². The molecule has 20 heavy (non-hydrogen) atoms. The van der Waals surface area contributed by atoms with Crippen LogP contribution in [0.5, 0.6) is 5.75 Å². The summed E-state index contributed by atoms with van der Waals surface area (Å²) in [6, 6.07) is 5.33. The van der Waals surface area contributed by atoms with E-state index in [1.54, 1.807) is 7.11 Å². The van der Waals surface area contributed by atoms with Crippen LogP contribution in [0.4, 0.5) is 5.69 Å². The Morgan fingerprint density at radius 3 is 2.85 bits per heavy atom. The average molecular weight is 295 g/mol. The highest BCUT2D eigenvalue weighted by molar-refractivity contribution is 6.31. The van der Waals surface area contributed by atoms with Crippen LogP contribution in [0, 0.1) is 6.92 Å². The van der Waals surface area contributed by atoms with Crippen LogP contribution in [0.3, 0.4) is 0 Å². The monoisotopic (exact) mass is 294 g/mol. The second-order valence-electron chi connectivity index (χ2n) is 6.07. The number of benzene rings is 1. The Morgan fingerprint density at radius 1 is 1.30 bits per heavy atom. The van der Waals surface area contributed by atoms with E-state index in [0.717, 1.165) is 29.4 Å². The average Bonchev–Trinajstić information content (AvgIpc) is 2.87. The topological polar surface area (TPSA) is 15.7 Å². The van der Waals surface area contributed by atoms with Crippen molar-refractivity contribution < 1.29 is 4.74 Å². The minimum Gasteiger partial charge on any atom is -0.495 e. The molecule has 110 valence electrons. The van der Waals surface area contributed by atoms with Crippen molar-refractivity contribution in [1.82, 2.24) is 4.90 Å². The summed E-state index contributed by atoms with van der Waals surface area (Å²) in [6.45, 7) is 7.87. The molecule has 2 fully saturated rings. The second kappa shape index (κ2) is 5.45. The molecule has 0 aliphatic carbocycles. The van der Waals surface area contributed by atoms with E-state index in [1.807, 2.05) is 6.07 Å². The first kappa shape index (κ1) is 14.0. The highest BCUT2D eigenvalue weighted by Gasteiger charge is 2.35. The van der Waals surface area contributed by atoms with Gasteiger partial charge in [-0.2, -0.15) is 0 Å². The third kappa shape index (κ3) is 2.38. The predicted octanol–water partition coefficient (Wildman–Crippen LogP) is 3.33. The van der Waals surface area contributed by atoms with Crippen molar-refractivity contribution in [1.29, 1.82) is 0 Å². The van der Waals surface area contributed by atoms with Gasteiger partial charge in [-0.25, -0.2) is 0 Å². The highest BCUT2D eigenvalue weighted by atomic mass is 35.5. The molecule has 0 spiro atoms. The van der Waals surface area contributed by atoms with Crippen molar-refractivity contribution in [2.75, 3.05) is 31.6 Å². The number of piperazine rings is 1. The third-order valence-electron chi connectivity index (χ3n) is 4.71. The van der Waals surface area contributed by atoms with Crippen molar-refractivity contribution in [2.45, 2.75) is 38.8 Å². The van der Waals surface area contributed by atoms with E-state index >= 15 is 0 Å². The van der Waals surface area contributed by atoms with E-state index in [-0.39, 0.29) is 0 Å². The summed E-state index contributed by atoms with van der Waals surface area (Å²) in [4.78, 5) is 5.13. The molecule has 0 aromatic heterocycles. The summed E-state index contributed by atoms with van der Waals surface area (Å²) in [5.41, 5.74) is 2.30. The van der Waals surface area contributed by atoms with Gasteiger partial charge in [0.1, 0.15) is 5.75 Å². The van der Waals surface area contributed by atoms with E-state index in [2.05, 4.69) is 29.7 Å². The molecule has 0 amide bonds. The first-order valence-corrected chi connectivity index (χ1v) is 7.82. The number of rotatable bonds is 2. The Hall–Kier alpha value is -0.930. The molecule has 2 heterocycles. The van der Waals surface area contributed by atoms with E-state index in [4.69, 9.17) is 16.3 Å². The second-order valence-corrected chi connectivity index (χ2v) is 6.47. The lowest BCUT2D eigenvalue weighted by atomic mass is 10.1. The summed E-state index contributed by atoms with van der Waals surface area (Å²) in [5.74, 6) is 0.888. The summed E-state index contributed by atoms with van der Waals surface area (Å²) in [6.07, 6.45) is 2.65. The molecule has 0 radical (unpaired) electrons. The Bertz CT molecular complexity index is 505. The fourth-order valence-corrected chi connectivity index (χ4v) is 3.71. The van der Waals surface area contributed by atoms with Gasteiger partial charge in [0.15, 0.2) is 0 Å². The van der Waals surface area contributed by atoms with Gasteiger partial charge in [0.05, 0.1) is 12.8 Å². The van der Waals surface area contributed by atoms with Crippen LogP contribution in [0.2, 0.25) is 5.02 Å². The van der Waals surface area contributed by atoms with Gasteiger partial charge in [-0.05, 0) is 44.9 Å². The summed E-state index contributed by atoms with van der Waals surface area (Å²) in [7, 11) is 1.72. The maximum Gasteiger partial charge on any atom is 0.143 e. The number of nitrogens with zero attached hydrogens (tertiary/aromatic N) is 2. The van der Waals surface area contributed by atoms with Crippen LogP contribution in [0.1, 0.15) is 25.3 Å². The zero-order valence-electron chi connectivity index (χ0n) is 12.5. The standard InChI is InChI=1S/C16H23ClN2O/c1-11-7-15(16(20-3)8-14(11)17)19-10-13-5-4-6-18(13)9-12(19)2/h7-8,12-13H,4-6,9-10H2,1-3H3. The van der Waals surface area contributed by atoms with E-state index < -0.39 is 0 Å². The molecule has 2 atom stereocenters. The molecule has 1 aromatic rings. The molecule has 3 rings (SSSR count). The molecule has 0 N–H and O–H groups in total. The SMILES string of the molecule is COc1cc(Cl)c(C)cc1N1CC2CCCN2CC1C. The van der Waals surface area contributed by atoms with Gasteiger partial charge in [0.25, 0.3) is 0 Å². The normalized spacial score (nSPS) is 26.7. The van der Waals surface area contributed by atoms with Crippen molar-refractivity contribution in [3.05, 3.63) is 22.7 Å². The number of hydrogen-bond donors (Lipinski definition) is 0. The van der Waals surface area contributed by atoms with Gasteiger partial charge < -0.3 is 9.64 Å². The molecule has 2 saturated heterocycles. The number of anilines is 1. The van der Waals surface area contributed by atoms with Gasteiger partial charge >= 0.3 is 0 Å². The van der Waals surface area contributed by atoms with Gasteiger partial charge in [0.2, 0.25) is 0 Å². The smallest absolute Gasteiger partial charge is 0.143 e.